The maximum Gasteiger partial charge on any atom is 0.221 e. The van der Waals surface area contributed by atoms with E-state index in [4.69, 9.17) is 46.4 Å². The highest BCUT2D eigenvalue weighted by atomic mass is 35.5. The number of allylic oxidation sites excluding steroid dienone is 2. The lowest BCUT2D eigenvalue weighted by Gasteiger charge is -2.26. The molecule has 4 aromatic rings. The van der Waals surface area contributed by atoms with Gasteiger partial charge in [0, 0.05) is 48.2 Å². The van der Waals surface area contributed by atoms with E-state index in [9.17, 15) is 9.59 Å². The summed E-state index contributed by atoms with van der Waals surface area (Å²) >= 11 is 24.3. The van der Waals surface area contributed by atoms with Crippen molar-refractivity contribution < 1.29 is 9.59 Å². The van der Waals surface area contributed by atoms with Crippen LogP contribution in [0.2, 0.25) is 20.1 Å². The Hall–Kier alpha value is -3.54. The standard InChI is InChI=1S/2C18H15Cl2NO/c2*1-11(22)21-18-9-7-13(14-4-2-3-5-15(14)18)12-6-8-16(19)17(20)10-12/h2*2-6,8-10,13H,7H2,1H3,(H,21,22)/t13-;/m0./s1. The Morgan fingerprint density at radius 3 is 1.32 bits per heavy atom. The predicted molar refractivity (Wildman–Crippen MR) is 182 cm³/mol. The van der Waals surface area contributed by atoms with E-state index < -0.39 is 0 Å². The molecule has 0 aromatic heterocycles. The van der Waals surface area contributed by atoms with Crippen LogP contribution in [0.15, 0.2) is 97.1 Å². The Labute approximate surface area is 277 Å². The summed E-state index contributed by atoms with van der Waals surface area (Å²) in [4.78, 5) is 22.7. The summed E-state index contributed by atoms with van der Waals surface area (Å²) in [7, 11) is 0. The Morgan fingerprint density at radius 1 is 0.568 bits per heavy atom. The van der Waals surface area contributed by atoms with Crippen molar-refractivity contribution in [1.29, 1.82) is 0 Å². The maximum atomic E-state index is 11.4. The highest BCUT2D eigenvalue weighted by Crippen LogP contribution is 2.40. The number of carbonyl (C=O) groups is 2. The summed E-state index contributed by atoms with van der Waals surface area (Å²) in [6.07, 6.45) is 5.75. The lowest BCUT2D eigenvalue weighted by atomic mass is 9.81. The monoisotopic (exact) mass is 662 g/mol. The van der Waals surface area contributed by atoms with Gasteiger partial charge in [-0.1, -0.05) is 119 Å². The number of benzene rings is 4. The van der Waals surface area contributed by atoms with E-state index >= 15 is 0 Å². The van der Waals surface area contributed by atoms with Crippen molar-refractivity contribution in [1.82, 2.24) is 10.6 Å². The van der Waals surface area contributed by atoms with Gasteiger partial charge in [0.05, 0.1) is 20.1 Å². The van der Waals surface area contributed by atoms with Gasteiger partial charge >= 0.3 is 0 Å². The summed E-state index contributed by atoms with van der Waals surface area (Å²) in [5, 5.41) is 8.06. The Bertz CT molecular complexity index is 1670. The summed E-state index contributed by atoms with van der Waals surface area (Å²) in [6, 6.07) is 27.7. The molecule has 2 aliphatic carbocycles. The van der Waals surface area contributed by atoms with Gasteiger partial charge in [-0.2, -0.15) is 0 Å². The van der Waals surface area contributed by atoms with Crippen molar-refractivity contribution in [2.24, 2.45) is 0 Å². The molecule has 0 bridgehead atoms. The van der Waals surface area contributed by atoms with Crippen LogP contribution < -0.4 is 10.6 Å². The normalized spacial score (nSPS) is 16.7. The number of carbonyl (C=O) groups excluding carboxylic acids is 2. The minimum Gasteiger partial charge on any atom is -0.326 e. The van der Waals surface area contributed by atoms with Crippen molar-refractivity contribution in [2.75, 3.05) is 0 Å². The van der Waals surface area contributed by atoms with E-state index in [-0.39, 0.29) is 23.7 Å². The molecule has 1 unspecified atom stereocenters. The van der Waals surface area contributed by atoms with Crippen molar-refractivity contribution in [2.45, 2.75) is 38.5 Å². The zero-order valence-electron chi connectivity index (χ0n) is 24.1. The largest absolute Gasteiger partial charge is 0.326 e. The number of fused-ring (bicyclic) bond motifs is 2. The summed E-state index contributed by atoms with van der Waals surface area (Å²) in [6.45, 7) is 3.04. The minimum absolute atomic E-state index is 0.0611. The van der Waals surface area contributed by atoms with E-state index in [0.717, 1.165) is 46.5 Å². The minimum atomic E-state index is -0.0611. The van der Waals surface area contributed by atoms with E-state index in [1.807, 2.05) is 72.8 Å². The molecule has 8 heteroatoms. The molecular formula is C36H30Cl4N2O2. The molecule has 2 aliphatic rings. The Morgan fingerprint density at radius 2 is 0.955 bits per heavy atom. The summed E-state index contributed by atoms with van der Waals surface area (Å²) in [5.41, 5.74) is 8.48. The van der Waals surface area contributed by atoms with Gasteiger partial charge in [-0.3, -0.25) is 9.59 Å². The van der Waals surface area contributed by atoms with Gasteiger partial charge in [0.25, 0.3) is 0 Å². The second-order valence-electron chi connectivity index (χ2n) is 10.7. The van der Waals surface area contributed by atoms with Gasteiger partial charge in [-0.25, -0.2) is 0 Å². The second kappa shape index (κ2) is 14.0. The molecule has 4 aromatic carbocycles. The fraction of sp³-hybridized carbons (Fsp3) is 0.167. The average Bonchev–Trinajstić information content (AvgIpc) is 3.00. The number of nitrogens with one attached hydrogen (secondary N) is 2. The molecule has 6 rings (SSSR count). The molecule has 2 amide bonds. The van der Waals surface area contributed by atoms with Crippen molar-refractivity contribution in [3.05, 3.63) is 151 Å². The molecule has 2 N–H and O–H groups in total. The van der Waals surface area contributed by atoms with Crippen LogP contribution in [0.5, 0.6) is 0 Å². The number of hydrogen-bond donors (Lipinski definition) is 2. The predicted octanol–water partition coefficient (Wildman–Crippen LogP) is 10.0. The molecule has 44 heavy (non-hydrogen) atoms. The van der Waals surface area contributed by atoms with Crippen LogP contribution in [0, 0.1) is 0 Å². The lowest BCUT2D eigenvalue weighted by Crippen LogP contribution is -2.22. The molecule has 0 saturated carbocycles. The lowest BCUT2D eigenvalue weighted by molar-refractivity contribution is -0.118. The Kier molecular flexibility index (Phi) is 10.2. The fourth-order valence-electron chi connectivity index (χ4n) is 5.74. The average molecular weight is 664 g/mol. The fourth-order valence-corrected chi connectivity index (χ4v) is 6.36. The zero-order chi connectivity index (χ0) is 31.4. The molecule has 2 atom stereocenters. The van der Waals surface area contributed by atoms with Crippen LogP contribution in [0.4, 0.5) is 0 Å². The second-order valence-corrected chi connectivity index (χ2v) is 12.3. The summed E-state index contributed by atoms with van der Waals surface area (Å²) < 4.78 is 0. The first kappa shape index (κ1) is 31.9. The molecule has 0 heterocycles. The molecule has 0 aliphatic heterocycles. The number of rotatable bonds is 4. The van der Waals surface area contributed by atoms with Crippen molar-refractivity contribution in [3.63, 3.8) is 0 Å². The van der Waals surface area contributed by atoms with Crippen LogP contribution in [-0.2, 0) is 9.59 Å². The van der Waals surface area contributed by atoms with Crippen LogP contribution in [-0.4, -0.2) is 11.8 Å². The van der Waals surface area contributed by atoms with Gasteiger partial charge < -0.3 is 10.6 Å². The third kappa shape index (κ3) is 7.22. The maximum absolute atomic E-state index is 11.4. The van der Waals surface area contributed by atoms with Gasteiger partial charge in [0.15, 0.2) is 0 Å². The van der Waals surface area contributed by atoms with E-state index in [1.54, 1.807) is 0 Å². The SMILES string of the molecule is CC(=O)NC1=CCC(c2ccc(Cl)c(Cl)c2)c2ccccc21.CC(=O)NC1=CC[C@@H](c2ccc(Cl)c(Cl)c2)c2ccccc21. The van der Waals surface area contributed by atoms with Crippen LogP contribution in [0.1, 0.15) is 71.9 Å². The number of amides is 2. The van der Waals surface area contributed by atoms with Gasteiger partial charge in [0.1, 0.15) is 0 Å². The Balaban J connectivity index is 0.000000175. The summed E-state index contributed by atoms with van der Waals surface area (Å²) in [5.74, 6) is 0.301. The molecule has 0 spiro atoms. The first-order chi connectivity index (χ1) is 21.1. The zero-order valence-corrected chi connectivity index (χ0v) is 27.2. The first-order valence-electron chi connectivity index (χ1n) is 14.2. The quantitative estimate of drug-likeness (QED) is 0.228. The third-order valence-electron chi connectivity index (χ3n) is 7.68. The van der Waals surface area contributed by atoms with Crippen LogP contribution >= 0.6 is 46.4 Å². The topological polar surface area (TPSA) is 58.2 Å². The smallest absolute Gasteiger partial charge is 0.221 e. The van der Waals surface area contributed by atoms with Crippen molar-refractivity contribution in [3.8, 4) is 0 Å². The molecular weight excluding hydrogens is 634 g/mol. The number of halogens is 4. The van der Waals surface area contributed by atoms with E-state index in [0.29, 0.717) is 20.1 Å². The van der Waals surface area contributed by atoms with Gasteiger partial charge in [-0.05, 0) is 59.4 Å². The van der Waals surface area contributed by atoms with E-state index in [1.165, 1.54) is 25.0 Å². The van der Waals surface area contributed by atoms with E-state index in [2.05, 4.69) is 34.9 Å². The van der Waals surface area contributed by atoms with Crippen molar-refractivity contribution >= 4 is 69.6 Å². The third-order valence-corrected chi connectivity index (χ3v) is 9.16. The first-order valence-corrected chi connectivity index (χ1v) is 15.7. The van der Waals surface area contributed by atoms with Crippen LogP contribution in [0.25, 0.3) is 11.4 Å². The molecule has 0 radical (unpaired) electrons. The van der Waals surface area contributed by atoms with Crippen LogP contribution in [0.3, 0.4) is 0 Å². The van der Waals surface area contributed by atoms with Gasteiger partial charge in [0.2, 0.25) is 11.8 Å². The molecule has 0 saturated heterocycles. The van der Waals surface area contributed by atoms with Gasteiger partial charge in [-0.15, -0.1) is 0 Å². The number of hydrogen-bond acceptors (Lipinski definition) is 2. The highest BCUT2D eigenvalue weighted by Gasteiger charge is 2.25. The molecule has 4 nitrogen and oxygen atoms in total. The highest BCUT2D eigenvalue weighted by molar-refractivity contribution is 6.42. The molecule has 0 fully saturated rings. The molecule has 224 valence electrons.